The van der Waals surface area contributed by atoms with Crippen molar-refractivity contribution in [1.29, 1.82) is 0 Å². The zero-order chi connectivity index (χ0) is 15.9. The number of hydrogen-bond acceptors (Lipinski definition) is 1. The van der Waals surface area contributed by atoms with Gasteiger partial charge in [-0.2, -0.15) is 18.1 Å². The van der Waals surface area contributed by atoms with Crippen LogP contribution in [-0.2, 0) is 38.0 Å². The number of benzene rings is 2. The molecule has 1 atom stereocenters. The van der Waals surface area contributed by atoms with Gasteiger partial charge in [-0.25, -0.2) is 0 Å². The summed E-state index contributed by atoms with van der Waals surface area (Å²) in [5, 5.41) is 0. The number of rotatable bonds is 2. The molecule has 2 aromatic rings. The summed E-state index contributed by atoms with van der Waals surface area (Å²) in [5.74, 6) is 1.64. The predicted molar refractivity (Wildman–Crippen MR) is 93.4 cm³/mol. The summed E-state index contributed by atoms with van der Waals surface area (Å²) in [6.45, 7) is 9.05. The molecular weight excluding hydrogens is 430 g/mol. The van der Waals surface area contributed by atoms with Gasteiger partial charge in [-0.15, -0.1) is 5.56 Å². The molecule has 1 unspecified atom stereocenters. The molecule has 0 N–H and O–H groups in total. The first-order valence-electron chi connectivity index (χ1n) is 8.06. The molecule has 133 valence electrons. The van der Waals surface area contributed by atoms with Gasteiger partial charge in [0, 0.05) is 0 Å². The number of fused-ring (bicyclic) bond motifs is 1. The first-order chi connectivity index (χ1) is 10.4. The second-order valence-corrected chi connectivity index (χ2v) is 7.36. The minimum atomic E-state index is 0. The molecule has 1 nitrogen and oxygen atoms in total. The van der Waals surface area contributed by atoms with Gasteiger partial charge in [0.15, 0.2) is 0 Å². The van der Waals surface area contributed by atoms with Gasteiger partial charge in [0.05, 0.1) is 7.11 Å². The summed E-state index contributed by atoms with van der Waals surface area (Å²) in [5.41, 5.74) is 6.71. The second kappa shape index (κ2) is 9.49. The first kappa shape index (κ1) is 24.6. The molecule has 3 rings (SSSR count). The molecule has 1 aliphatic carbocycles. The van der Waals surface area contributed by atoms with E-state index in [-0.39, 0.29) is 56.4 Å². The van der Waals surface area contributed by atoms with Crippen LogP contribution in [0.1, 0.15) is 44.4 Å². The van der Waals surface area contributed by atoms with Gasteiger partial charge in [-0.3, -0.25) is 0 Å². The quantitative estimate of drug-likeness (QED) is 0.551. The molecule has 2 aromatic carbocycles. The zero-order valence-corrected chi connectivity index (χ0v) is 19.5. The summed E-state index contributed by atoms with van der Waals surface area (Å²) in [4.78, 5) is 0. The monoisotopic (exact) mass is 453 g/mol. The fraction of sp³-hybridized carbons (Fsp3) is 0.381. The minimum absolute atomic E-state index is 0. The molecule has 0 saturated carbocycles. The molecule has 4 heteroatoms. The van der Waals surface area contributed by atoms with Crippen molar-refractivity contribution >= 4 is 0 Å². The molecule has 0 aliphatic heterocycles. The van der Waals surface area contributed by atoms with E-state index in [1.165, 1.54) is 27.8 Å². The third kappa shape index (κ3) is 4.85. The van der Waals surface area contributed by atoms with E-state index in [1.807, 2.05) is 0 Å². The Hall–Kier alpha value is -0.427. The van der Waals surface area contributed by atoms with Crippen molar-refractivity contribution in [1.82, 2.24) is 0 Å². The molecule has 0 heterocycles. The van der Waals surface area contributed by atoms with Crippen LogP contribution in [0.25, 0.3) is 11.1 Å². The molecule has 1 radical (unpaired) electrons. The molecule has 25 heavy (non-hydrogen) atoms. The molecule has 0 saturated heterocycles. The van der Waals surface area contributed by atoms with E-state index in [9.17, 15) is 0 Å². The van der Waals surface area contributed by atoms with Crippen molar-refractivity contribution in [2.45, 2.75) is 39.5 Å². The van der Waals surface area contributed by atoms with Gasteiger partial charge in [0.1, 0.15) is 5.75 Å². The van der Waals surface area contributed by atoms with E-state index >= 15 is 0 Å². The second-order valence-electron chi connectivity index (χ2n) is 7.36. The Morgan fingerprint density at radius 3 is 2.20 bits per heavy atom. The van der Waals surface area contributed by atoms with Crippen LogP contribution < -0.4 is 29.6 Å². The molecule has 0 spiro atoms. The minimum Gasteiger partial charge on any atom is -1.00 e. The molecule has 0 fully saturated rings. The van der Waals surface area contributed by atoms with E-state index < -0.39 is 0 Å². The van der Waals surface area contributed by atoms with Gasteiger partial charge < -0.3 is 29.6 Å². The summed E-state index contributed by atoms with van der Waals surface area (Å²) in [6, 6.07) is 13.0. The van der Waals surface area contributed by atoms with Crippen LogP contribution in [0, 0.1) is 12.3 Å². The Kier molecular flexibility index (Phi) is 9.33. The van der Waals surface area contributed by atoms with Gasteiger partial charge in [-0.05, 0) is 16.5 Å². The first-order valence-corrected chi connectivity index (χ1v) is 8.06. The van der Waals surface area contributed by atoms with Crippen molar-refractivity contribution in [3.63, 3.8) is 0 Å². The van der Waals surface area contributed by atoms with Gasteiger partial charge in [0.2, 0.25) is 0 Å². The van der Waals surface area contributed by atoms with Crippen molar-refractivity contribution in [2.75, 3.05) is 7.11 Å². The third-order valence-corrected chi connectivity index (χ3v) is 4.49. The van der Waals surface area contributed by atoms with Crippen LogP contribution in [0.2, 0.25) is 0 Å². The molecular formula is C21H25Cl2OZr. The Morgan fingerprint density at radius 1 is 1.08 bits per heavy atom. The summed E-state index contributed by atoms with van der Waals surface area (Å²) < 4.78 is 5.90. The Bertz CT molecular complexity index is 693. The number of methoxy groups -OCH3 is 1. The maximum Gasteiger partial charge on any atom is 3.00 e. The largest absolute Gasteiger partial charge is 3.00 e. The van der Waals surface area contributed by atoms with Crippen LogP contribution in [-0.4, -0.2) is 7.11 Å². The maximum atomic E-state index is 5.90. The fourth-order valence-electron chi connectivity index (χ4n) is 3.46. The van der Waals surface area contributed by atoms with E-state index in [0.717, 1.165) is 12.2 Å². The molecule has 1 aliphatic rings. The molecule has 0 aromatic heterocycles. The topological polar surface area (TPSA) is 9.23 Å². The van der Waals surface area contributed by atoms with Crippen LogP contribution in [0.5, 0.6) is 5.75 Å². The van der Waals surface area contributed by atoms with Crippen molar-refractivity contribution in [3.8, 4) is 16.9 Å². The number of halogens is 2. The fourth-order valence-corrected chi connectivity index (χ4v) is 3.46. The SMILES string of the molecule is COc1c(C(C)(C)C)cc2c(c1-c1ccccc1)CC(C)[CH-]2.[Cl-].[Cl-].[Zr+3]. The number of hydrogen-bond donors (Lipinski definition) is 0. The standard InChI is InChI=1S/C21H25O.2ClH.Zr/c1-14-11-16-13-18(21(2,3)4)20(22-5)19(17(16)12-14)15-9-7-6-8-10-15;;;/h6-11,13-14H,12H2,1-5H3;2*1H;/q-1;;;+3/p-2. The van der Waals surface area contributed by atoms with Gasteiger partial charge in [0.25, 0.3) is 0 Å². The van der Waals surface area contributed by atoms with Crippen LogP contribution in [0.15, 0.2) is 36.4 Å². The predicted octanol–water partition coefficient (Wildman–Crippen LogP) is -0.590. The average molecular weight is 456 g/mol. The maximum absolute atomic E-state index is 5.90. The Labute approximate surface area is 183 Å². The number of ether oxygens (including phenoxy) is 1. The van der Waals surface area contributed by atoms with Crippen molar-refractivity contribution in [2.24, 2.45) is 5.92 Å². The van der Waals surface area contributed by atoms with Crippen molar-refractivity contribution < 1.29 is 55.8 Å². The van der Waals surface area contributed by atoms with E-state index in [4.69, 9.17) is 4.74 Å². The van der Waals surface area contributed by atoms with Crippen LogP contribution in [0.4, 0.5) is 0 Å². The third-order valence-electron chi connectivity index (χ3n) is 4.49. The van der Waals surface area contributed by atoms with Crippen LogP contribution in [0.3, 0.4) is 0 Å². The molecule has 0 bridgehead atoms. The summed E-state index contributed by atoms with van der Waals surface area (Å²) in [7, 11) is 1.80. The van der Waals surface area contributed by atoms with Crippen molar-refractivity contribution in [3.05, 3.63) is 59.5 Å². The Morgan fingerprint density at radius 2 is 1.68 bits per heavy atom. The summed E-state index contributed by atoms with van der Waals surface area (Å²) >= 11 is 0. The normalized spacial score (nSPS) is 15.0. The van der Waals surface area contributed by atoms with Crippen LogP contribution >= 0.6 is 0 Å². The van der Waals surface area contributed by atoms with E-state index in [1.54, 1.807) is 7.11 Å². The van der Waals surface area contributed by atoms with E-state index in [0.29, 0.717) is 5.92 Å². The zero-order valence-electron chi connectivity index (χ0n) is 15.5. The Balaban J connectivity index is 0.00000192. The smallest absolute Gasteiger partial charge is 1.00 e. The van der Waals surface area contributed by atoms with Gasteiger partial charge in [-0.1, -0.05) is 75.9 Å². The van der Waals surface area contributed by atoms with E-state index in [2.05, 4.69) is 70.5 Å². The van der Waals surface area contributed by atoms with Gasteiger partial charge >= 0.3 is 26.2 Å². The average Bonchev–Trinajstić information content (AvgIpc) is 2.85. The molecule has 0 amide bonds. The summed E-state index contributed by atoms with van der Waals surface area (Å²) in [6.07, 6.45) is 3.50.